The quantitative estimate of drug-likeness (QED) is 0.568. The van der Waals surface area contributed by atoms with E-state index >= 15 is 0 Å². The van der Waals surface area contributed by atoms with Crippen molar-refractivity contribution in [1.82, 2.24) is 25.4 Å². The normalized spacial score (nSPS) is 19.2. The van der Waals surface area contributed by atoms with E-state index in [0.717, 1.165) is 67.3 Å². The number of ether oxygens (including phenoxy) is 1. The summed E-state index contributed by atoms with van der Waals surface area (Å²) in [4.78, 5) is 8.98. The molecule has 1 atom stereocenters. The monoisotopic (exact) mass is 382 g/mol. The van der Waals surface area contributed by atoms with Gasteiger partial charge in [0.05, 0.1) is 13.2 Å². The molecule has 2 N–H and O–H groups in total. The highest BCUT2D eigenvalue weighted by Crippen LogP contribution is 2.30. The minimum absolute atomic E-state index is 0.298. The standard InChI is InChI=1S/C21H30N6O/c1-3-19-25-20-11-10-17(13-27(20)26-19)24-21(22-2)23-12-16-6-4-5-7-18(16)28-14-15-8-9-15/h4-7,15,17H,3,8-14H2,1-2H3,(H2,22,23,24). The predicted octanol–water partition coefficient (Wildman–Crippen LogP) is 2.31. The van der Waals surface area contributed by atoms with E-state index in [-0.39, 0.29) is 0 Å². The predicted molar refractivity (Wildman–Crippen MR) is 110 cm³/mol. The molecule has 1 aromatic heterocycles. The fourth-order valence-electron chi connectivity index (χ4n) is 3.48. The zero-order valence-electron chi connectivity index (χ0n) is 16.8. The van der Waals surface area contributed by atoms with Gasteiger partial charge in [0.2, 0.25) is 0 Å². The molecule has 7 nitrogen and oxygen atoms in total. The highest BCUT2D eigenvalue weighted by molar-refractivity contribution is 5.80. The molecule has 1 aromatic carbocycles. The summed E-state index contributed by atoms with van der Waals surface area (Å²) < 4.78 is 8.05. The van der Waals surface area contributed by atoms with E-state index in [0.29, 0.717) is 12.6 Å². The van der Waals surface area contributed by atoms with Crippen molar-refractivity contribution in [1.29, 1.82) is 0 Å². The van der Waals surface area contributed by atoms with Crippen LogP contribution in [0, 0.1) is 5.92 Å². The number of aryl methyl sites for hydroxylation is 2. The Balaban J connectivity index is 1.32. The zero-order valence-corrected chi connectivity index (χ0v) is 16.8. The van der Waals surface area contributed by atoms with Crippen LogP contribution < -0.4 is 15.4 Å². The van der Waals surface area contributed by atoms with Crippen molar-refractivity contribution >= 4 is 5.96 Å². The molecule has 1 saturated carbocycles. The summed E-state index contributed by atoms with van der Waals surface area (Å²) in [5.41, 5.74) is 1.15. The lowest BCUT2D eigenvalue weighted by Crippen LogP contribution is -2.46. The first-order chi connectivity index (χ1) is 13.7. The first kappa shape index (κ1) is 18.8. The summed E-state index contributed by atoms with van der Waals surface area (Å²) in [6.45, 7) is 4.42. The molecule has 0 saturated heterocycles. The maximum absolute atomic E-state index is 6.01. The van der Waals surface area contributed by atoms with E-state index < -0.39 is 0 Å². The fraction of sp³-hybridized carbons (Fsp3) is 0.571. The number of nitrogens with zero attached hydrogens (tertiary/aromatic N) is 4. The molecule has 1 fully saturated rings. The van der Waals surface area contributed by atoms with Gasteiger partial charge in [-0.05, 0) is 31.2 Å². The fourth-order valence-corrected chi connectivity index (χ4v) is 3.48. The Kier molecular flexibility index (Phi) is 5.78. The van der Waals surface area contributed by atoms with Gasteiger partial charge in [0.1, 0.15) is 11.6 Å². The Morgan fingerprint density at radius 2 is 2.14 bits per heavy atom. The molecule has 0 spiro atoms. The Labute approximate surface area is 166 Å². The van der Waals surface area contributed by atoms with Crippen LogP contribution in [-0.2, 0) is 25.9 Å². The molecule has 150 valence electrons. The Morgan fingerprint density at radius 3 is 2.93 bits per heavy atom. The van der Waals surface area contributed by atoms with Crippen molar-refractivity contribution < 1.29 is 4.74 Å². The van der Waals surface area contributed by atoms with Gasteiger partial charge in [0, 0.05) is 38.0 Å². The van der Waals surface area contributed by atoms with Gasteiger partial charge in [0.15, 0.2) is 11.8 Å². The maximum Gasteiger partial charge on any atom is 0.191 e. The first-order valence-corrected chi connectivity index (χ1v) is 10.4. The summed E-state index contributed by atoms with van der Waals surface area (Å²) in [5.74, 6) is 4.55. The topological polar surface area (TPSA) is 76.4 Å². The van der Waals surface area contributed by atoms with Crippen LogP contribution in [0.2, 0.25) is 0 Å². The van der Waals surface area contributed by atoms with Crippen LogP contribution >= 0.6 is 0 Å². The highest BCUT2D eigenvalue weighted by Gasteiger charge is 2.23. The van der Waals surface area contributed by atoms with Crippen molar-refractivity contribution in [3.8, 4) is 5.75 Å². The summed E-state index contributed by atoms with van der Waals surface area (Å²) in [6.07, 6.45) is 5.45. The second-order valence-electron chi connectivity index (χ2n) is 7.65. The van der Waals surface area contributed by atoms with E-state index in [2.05, 4.69) is 44.8 Å². The molecule has 0 bridgehead atoms. The van der Waals surface area contributed by atoms with Crippen LogP contribution in [0.4, 0.5) is 0 Å². The van der Waals surface area contributed by atoms with Crippen LogP contribution in [0.3, 0.4) is 0 Å². The number of para-hydroxylation sites is 1. The van der Waals surface area contributed by atoms with E-state index in [9.17, 15) is 0 Å². The van der Waals surface area contributed by atoms with Crippen LogP contribution in [-0.4, -0.2) is 40.4 Å². The maximum atomic E-state index is 6.01. The SMILES string of the molecule is CCc1nc2n(n1)CC(NC(=NC)NCc1ccccc1OCC1CC1)CC2. The molecule has 1 unspecified atom stereocenters. The molecule has 2 heterocycles. The molecule has 0 amide bonds. The van der Waals surface area contributed by atoms with Gasteiger partial charge in [-0.25, -0.2) is 9.67 Å². The molecule has 2 aliphatic rings. The van der Waals surface area contributed by atoms with Gasteiger partial charge in [-0.15, -0.1) is 0 Å². The molecule has 1 aliphatic heterocycles. The number of nitrogens with one attached hydrogen (secondary N) is 2. The van der Waals surface area contributed by atoms with Gasteiger partial charge in [-0.3, -0.25) is 4.99 Å². The third-order valence-corrected chi connectivity index (χ3v) is 5.37. The minimum Gasteiger partial charge on any atom is -0.493 e. The van der Waals surface area contributed by atoms with Crippen LogP contribution in [0.15, 0.2) is 29.3 Å². The van der Waals surface area contributed by atoms with Crippen molar-refractivity contribution in [2.75, 3.05) is 13.7 Å². The van der Waals surface area contributed by atoms with E-state index in [4.69, 9.17) is 4.74 Å². The lowest BCUT2D eigenvalue weighted by Gasteiger charge is -2.25. The molecule has 4 rings (SSSR count). The van der Waals surface area contributed by atoms with E-state index in [1.54, 1.807) is 0 Å². The van der Waals surface area contributed by atoms with Crippen LogP contribution in [0.25, 0.3) is 0 Å². The number of guanidine groups is 1. The number of fused-ring (bicyclic) bond motifs is 1. The summed E-state index contributed by atoms with van der Waals surface area (Å²) in [6, 6.07) is 8.54. The zero-order chi connectivity index (χ0) is 19.3. The average Bonchev–Trinajstić information content (AvgIpc) is 3.47. The van der Waals surface area contributed by atoms with E-state index in [1.807, 2.05) is 23.9 Å². The molecular weight excluding hydrogens is 352 g/mol. The van der Waals surface area contributed by atoms with Gasteiger partial charge in [-0.1, -0.05) is 25.1 Å². The molecule has 28 heavy (non-hydrogen) atoms. The molecular formula is C21H30N6O. The number of rotatable bonds is 7. The summed E-state index contributed by atoms with van der Waals surface area (Å²) >= 11 is 0. The Morgan fingerprint density at radius 1 is 1.29 bits per heavy atom. The number of aromatic nitrogens is 3. The van der Waals surface area contributed by atoms with Crippen molar-refractivity contribution in [3.05, 3.63) is 41.5 Å². The van der Waals surface area contributed by atoms with Crippen molar-refractivity contribution in [3.63, 3.8) is 0 Å². The van der Waals surface area contributed by atoms with Crippen LogP contribution in [0.1, 0.15) is 43.4 Å². The van der Waals surface area contributed by atoms with Crippen molar-refractivity contribution in [2.45, 2.75) is 58.2 Å². The third kappa shape index (κ3) is 4.64. The average molecular weight is 383 g/mol. The van der Waals surface area contributed by atoms with Gasteiger partial charge in [-0.2, -0.15) is 5.10 Å². The summed E-state index contributed by atoms with van der Waals surface area (Å²) in [7, 11) is 1.81. The van der Waals surface area contributed by atoms with E-state index in [1.165, 1.54) is 12.8 Å². The van der Waals surface area contributed by atoms with Crippen LogP contribution in [0.5, 0.6) is 5.75 Å². The number of aliphatic imine (C=N–C) groups is 1. The van der Waals surface area contributed by atoms with Gasteiger partial charge in [0.25, 0.3) is 0 Å². The minimum atomic E-state index is 0.298. The smallest absolute Gasteiger partial charge is 0.191 e. The number of hydrogen-bond acceptors (Lipinski definition) is 4. The third-order valence-electron chi connectivity index (χ3n) is 5.37. The number of hydrogen-bond donors (Lipinski definition) is 2. The second kappa shape index (κ2) is 8.63. The first-order valence-electron chi connectivity index (χ1n) is 10.4. The molecule has 0 radical (unpaired) electrons. The molecule has 1 aliphatic carbocycles. The highest BCUT2D eigenvalue weighted by atomic mass is 16.5. The molecule has 2 aromatic rings. The van der Waals surface area contributed by atoms with Gasteiger partial charge < -0.3 is 15.4 Å². The summed E-state index contributed by atoms with van der Waals surface area (Å²) in [5, 5.41) is 11.6. The lowest BCUT2D eigenvalue weighted by molar-refractivity contribution is 0.296. The number of benzene rings is 1. The van der Waals surface area contributed by atoms with Crippen molar-refractivity contribution in [2.24, 2.45) is 10.9 Å². The second-order valence-corrected chi connectivity index (χ2v) is 7.65. The largest absolute Gasteiger partial charge is 0.493 e. The Bertz CT molecular complexity index is 826. The molecule has 7 heteroatoms. The lowest BCUT2D eigenvalue weighted by atomic mass is 10.1. The Hall–Kier alpha value is -2.57. The van der Waals surface area contributed by atoms with Gasteiger partial charge >= 0.3 is 0 Å².